The molecule has 1 aromatic rings. The van der Waals surface area contributed by atoms with Crippen molar-refractivity contribution < 1.29 is 14.3 Å². The van der Waals surface area contributed by atoms with Crippen molar-refractivity contribution in [1.82, 2.24) is 15.1 Å². The lowest BCUT2D eigenvalue weighted by Gasteiger charge is -2.35. The Morgan fingerprint density at radius 1 is 1.46 bits per heavy atom. The molecule has 1 N–H and O–H groups in total. The van der Waals surface area contributed by atoms with Gasteiger partial charge in [-0.25, -0.2) is 0 Å². The fourth-order valence-corrected chi connectivity index (χ4v) is 2.94. The first-order chi connectivity index (χ1) is 11.5. The van der Waals surface area contributed by atoms with E-state index in [1.807, 2.05) is 26.0 Å². The van der Waals surface area contributed by atoms with Gasteiger partial charge in [0.1, 0.15) is 5.75 Å². The van der Waals surface area contributed by atoms with Crippen molar-refractivity contribution in [2.75, 3.05) is 33.8 Å². The first-order valence-corrected chi connectivity index (χ1v) is 8.35. The minimum atomic E-state index is -0.414. The number of carbonyl (C=O) groups is 2. The van der Waals surface area contributed by atoms with Gasteiger partial charge < -0.3 is 15.0 Å². The third kappa shape index (κ3) is 4.26. The van der Waals surface area contributed by atoms with E-state index in [9.17, 15) is 9.59 Å². The van der Waals surface area contributed by atoms with E-state index in [4.69, 9.17) is 4.74 Å². The fourth-order valence-electron chi connectivity index (χ4n) is 2.94. The zero-order valence-corrected chi connectivity index (χ0v) is 15.0. The highest BCUT2D eigenvalue weighted by atomic mass is 16.5. The van der Waals surface area contributed by atoms with Crippen molar-refractivity contribution in [3.63, 3.8) is 0 Å². The molecule has 0 spiro atoms. The van der Waals surface area contributed by atoms with Gasteiger partial charge in [-0.05, 0) is 31.0 Å². The number of aryl methyl sites for hydroxylation is 1. The maximum Gasteiger partial charge on any atom is 0.237 e. The van der Waals surface area contributed by atoms with E-state index in [2.05, 4.69) is 16.3 Å². The second-order valence-corrected chi connectivity index (χ2v) is 6.19. The quantitative estimate of drug-likeness (QED) is 0.849. The van der Waals surface area contributed by atoms with Crippen LogP contribution in [0.5, 0.6) is 5.75 Å². The third-order valence-corrected chi connectivity index (χ3v) is 4.55. The van der Waals surface area contributed by atoms with Crippen molar-refractivity contribution in [3.05, 3.63) is 29.3 Å². The fraction of sp³-hybridized carbons (Fsp3) is 0.556. The van der Waals surface area contributed by atoms with Gasteiger partial charge in [-0.15, -0.1) is 0 Å². The average Bonchev–Trinajstić information content (AvgIpc) is 2.57. The van der Waals surface area contributed by atoms with Crippen LogP contribution in [0.25, 0.3) is 0 Å². The number of amides is 2. The molecule has 2 amide bonds. The van der Waals surface area contributed by atoms with Crippen LogP contribution in [0, 0.1) is 6.92 Å². The van der Waals surface area contributed by atoms with Crippen LogP contribution < -0.4 is 10.1 Å². The highest BCUT2D eigenvalue weighted by Gasteiger charge is 2.32. The predicted octanol–water partition coefficient (Wildman–Crippen LogP) is 1.17. The Morgan fingerprint density at radius 2 is 2.21 bits per heavy atom. The molecule has 1 unspecified atom stereocenters. The molecule has 0 bridgehead atoms. The molecular formula is C18H27N3O3. The van der Waals surface area contributed by atoms with Crippen LogP contribution >= 0.6 is 0 Å². The zero-order valence-electron chi connectivity index (χ0n) is 15.0. The second kappa shape index (κ2) is 8.15. The van der Waals surface area contributed by atoms with Crippen LogP contribution in [-0.4, -0.2) is 61.4 Å². The Balaban J connectivity index is 2.12. The standard InChI is InChI=1S/C18H27N3O3/c1-5-20(3)17(22)11-15-18(23)19-8-9-21(15)12-14-6-7-16(24-4)13(2)10-14/h6-7,10,15H,5,8-9,11-12H2,1-4H3,(H,19,23). The highest BCUT2D eigenvalue weighted by Crippen LogP contribution is 2.21. The van der Waals surface area contributed by atoms with Crippen molar-refractivity contribution in [2.45, 2.75) is 32.9 Å². The number of methoxy groups -OCH3 is 1. The molecule has 1 fully saturated rings. The second-order valence-electron chi connectivity index (χ2n) is 6.19. The Labute approximate surface area is 143 Å². The van der Waals surface area contributed by atoms with E-state index in [1.54, 1.807) is 19.1 Å². The molecule has 6 nitrogen and oxygen atoms in total. The van der Waals surface area contributed by atoms with Crippen molar-refractivity contribution in [3.8, 4) is 5.75 Å². The number of nitrogens with one attached hydrogen (secondary N) is 1. The minimum Gasteiger partial charge on any atom is -0.496 e. The van der Waals surface area contributed by atoms with Gasteiger partial charge in [-0.1, -0.05) is 12.1 Å². The van der Waals surface area contributed by atoms with E-state index in [0.29, 0.717) is 19.6 Å². The highest BCUT2D eigenvalue weighted by molar-refractivity contribution is 5.88. The zero-order chi connectivity index (χ0) is 17.7. The van der Waals surface area contributed by atoms with Gasteiger partial charge in [-0.2, -0.15) is 0 Å². The summed E-state index contributed by atoms with van der Waals surface area (Å²) in [5, 5.41) is 2.87. The Kier molecular flexibility index (Phi) is 6.20. The van der Waals surface area contributed by atoms with E-state index in [1.165, 1.54) is 0 Å². The molecule has 1 aromatic carbocycles. The summed E-state index contributed by atoms with van der Waals surface area (Å²) in [6.07, 6.45) is 0.214. The Hall–Kier alpha value is -2.08. The van der Waals surface area contributed by atoms with Crippen LogP contribution in [0.15, 0.2) is 18.2 Å². The lowest BCUT2D eigenvalue weighted by molar-refractivity contribution is -0.138. The smallest absolute Gasteiger partial charge is 0.237 e. The Morgan fingerprint density at radius 3 is 2.83 bits per heavy atom. The number of hydrogen-bond donors (Lipinski definition) is 1. The van der Waals surface area contributed by atoms with Gasteiger partial charge in [0.15, 0.2) is 0 Å². The maximum atomic E-state index is 12.3. The lowest BCUT2D eigenvalue weighted by atomic mass is 10.0. The number of hydrogen-bond acceptors (Lipinski definition) is 4. The summed E-state index contributed by atoms with van der Waals surface area (Å²) < 4.78 is 5.29. The van der Waals surface area contributed by atoms with Gasteiger partial charge >= 0.3 is 0 Å². The number of carbonyl (C=O) groups excluding carboxylic acids is 2. The summed E-state index contributed by atoms with van der Waals surface area (Å²) in [5.41, 5.74) is 2.18. The van der Waals surface area contributed by atoms with Gasteiger partial charge in [0, 0.05) is 33.2 Å². The third-order valence-electron chi connectivity index (χ3n) is 4.55. The minimum absolute atomic E-state index is 0.00420. The molecule has 1 aliphatic heterocycles. The van der Waals surface area contributed by atoms with E-state index in [-0.39, 0.29) is 18.2 Å². The summed E-state index contributed by atoms with van der Waals surface area (Å²) in [5.74, 6) is 0.784. The summed E-state index contributed by atoms with van der Waals surface area (Å²) in [6, 6.07) is 5.61. The Bertz CT molecular complexity index is 603. The summed E-state index contributed by atoms with van der Waals surface area (Å²) in [4.78, 5) is 28.2. The normalized spacial score (nSPS) is 18.2. The molecule has 132 valence electrons. The van der Waals surface area contributed by atoms with Gasteiger partial charge in [0.2, 0.25) is 11.8 Å². The number of benzene rings is 1. The molecule has 6 heteroatoms. The van der Waals surface area contributed by atoms with Crippen LogP contribution in [-0.2, 0) is 16.1 Å². The number of rotatable bonds is 6. The maximum absolute atomic E-state index is 12.3. The summed E-state index contributed by atoms with van der Waals surface area (Å²) in [7, 11) is 3.42. The lowest BCUT2D eigenvalue weighted by Crippen LogP contribution is -2.56. The van der Waals surface area contributed by atoms with E-state index < -0.39 is 6.04 Å². The molecule has 24 heavy (non-hydrogen) atoms. The van der Waals surface area contributed by atoms with Crippen molar-refractivity contribution in [1.29, 1.82) is 0 Å². The van der Waals surface area contributed by atoms with Gasteiger partial charge in [0.05, 0.1) is 19.6 Å². The first kappa shape index (κ1) is 18.3. The van der Waals surface area contributed by atoms with Crippen molar-refractivity contribution in [2.24, 2.45) is 0 Å². The van der Waals surface area contributed by atoms with Crippen LogP contribution in [0.1, 0.15) is 24.5 Å². The molecule has 0 radical (unpaired) electrons. The van der Waals surface area contributed by atoms with Crippen molar-refractivity contribution >= 4 is 11.8 Å². The van der Waals surface area contributed by atoms with Crippen LogP contribution in [0.3, 0.4) is 0 Å². The topological polar surface area (TPSA) is 61.9 Å². The average molecular weight is 333 g/mol. The van der Waals surface area contributed by atoms with Gasteiger partial charge in [0.25, 0.3) is 0 Å². The predicted molar refractivity (Wildman–Crippen MR) is 92.9 cm³/mol. The SMILES string of the molecule is CCN(C)C(=O)CC1C(=O)NCCN1Cc1ccc(OC)c(C)c1. The molecule has 0 aliphatic carbocycles. The molecule has 0 aromatic heterocycles. The number of piperazine rings is 1. The molecule has 2 rings (SSSR count). The number of ether oxygens (including phenoxy) is 1. The van der Waals surface area contributed by atoms with E-state index >= 15 is 0 Å². The van der Waals surface area contributed by atoms with Crippen LogP contribution in [0.2, 0.25) is 0 Å². The number of nitrogens with zero attached hydrogens (tertiary/aromatic N) is 2. The molecule has 1 heterocycles. The molecule has 1 atom stereocenters. The van der Waals surface area contributed by atoms with E-state index in [0.717, 1.165) is 23.4 Å². The molecule has 1 saturated heterocycles. The largest absolute Gasteiger partial charge is 0.496 e. The first-order valence-electron chi connectivity index (χ1n) is 8.35. The molecular weight excluding hydrogens is 306 g/mol. The summed E-state index contributed by atoms with van der Waals surface area (Å²) >= 11 is 0. The monoisotopic (exact) mass is 333 g/mol. The molecule has 1 aliphatic rings. The summed E-state index contributed by atoms with van der Waals surface area (Å²) in [6.45, 7) is 6.57. The van der Waals surface area contributed by atoms with Gasteiger partial charge in [-0.3, -0.25) is 14.5 Å². The molecule has 0 saturated carbocycles. The van der Waals surface area contributed by atoms with Crippen LogP contribution in [0.4, 0.5) is 0 Å².